The number of nitrogens with zero attached hydrogens (tertiary/aromatic N) is 4. The molecule has 0 unspecified atom stereocenters. The molecule has 0 aliphatic rings. The first-order chi connectivity index (χ1) is 13.0. The third-order valence-electron chi connectivity index (χ3n) is 3.33. The second kappa shape index (κ2) is 8.06. The number of anilines is 3. The Labute approximate surface area is 157 Å². The Hall–Kier alpha value is -3.79. The van der Waals surface area contributed by atoms with E-state index in [2.05, 4.69) is 31.1 Å². The number of rotatable bonds is 6. The number of carbonyl (C=O) groups excluding carboxylic acids is 1. The topological polar surface area (TPSA) is 135 Å². The van der Waals surface area contributed by atoms with Crippen molar-refractivity contribution in [3.05, 3.63) is 75.8 Å². The fourth-order valence-corrected chi connectivity index (χ4v) is 2.22. The van der Waals surface area contributed by atoms with Crippen LogP contribution in [0.3, 0.4) is 0 Å². The van der Waals surface area contributed by atoms with Crippen LogP contribution in [0, 0.1) is 10.1 Å². The highest BCUT2D eigenvalue weighted by Gasteiger charge is 2.23. The van der Waals surface area contributed by atoms with Gasteiger partial charge in [0, 0.05) is 23.1 Å². The van der Waals surface area contributed by atoms with Crippen molar-refractivity contribution in [3.63, 3.8) is 0 Å². The number of nitrogens with one attached hydrogen (secondary N) is 3. The van der Waals surface area contributed by atoms with Crippen molar-refractivity contribution in [2.45, 2.75) is 0 Å². The molecule has 1 aromatic carbocycles. The highest BCUT2D eigenvalue weighted by atomic mass is 35.5. The normalized spacial score (nSPS) is 10.1. The molecule has 27 heavy (non-hydrogen) atoms. The summed E-state index contributed by atoms with van der Waals surface area (Å²) in [6.07, 6.45) is 4.01. The zero-order valence-electron chi connectivity index (χ0n) is 13.6. The number of hydrazine groups is 1. The predicted octanol–water partition coefficient (Wildman–Crippen LogP) is 2.93. The van der Waals surface area contributed by atoms with Gasteiger partial charge in [-0.2, -0.15) is 0 Å². The van der Waals surface area contributed by atoms with Crippen LogP contribution in [0.25, 0.3) is 0 Å². The number of halogens is 1. The second-order valence-electron chi connectivity index (χ2n) is 5.13. The van der Waals surface area contributed by atoms with Crippen molar-refractivity contribution in [1.29, 1.82) is 0 Å². The van der Waals surface area contributed by atoms with Gasteiger partial charge in [-0.25, -0.2) is 9.97 Å². The number of aromatic nitrogens is 3. The molecule has 3 rings (SSSR count). The summed E-state index contributed by atoms with van der Waals surface area (Å²) in [4.78, 5) is 34.5. The molecule has 2 heterocycles. The lowest BCUT2D eigenvalue weighted by Gasteiger charge is -2.11. The van der Waals surface area contributed by atoms with E-state index in [-0.39, 0.29) is 17.2 Å². The summed E-state index contributed by atoms with van der Waals surface area (Å²) >= 11 is 5.83. The second-order valence-corrected chi connectivity index (χ2v) is 5.57. The Kier molecular flexibility index (Phi) is 5.38. The minimum Gasteiger partial charge on any atom is -0.334 e. The molecule has 1 amide bonds. The van der Waals surface area contributed by atoms with Gasteiger partial charge in [-0.15, -0.1) is 0 Å². The average molecular weight is 386 g/mol. The van der Waals surface area contributed by atoms with Crippen LogP contribution in [-0.4, -0.2) is 25.8 Å². The first-order valence-electron chi connectivity index (χ1n) is 7.53. The van der Waals surface area contributed by atoms with Crippen molar-refractivity contribution < 1.29 is 9.72 Å². The summed E-state index contributed by atoms with van der Waals surface area (Å²) < 4.78 is 0. The summed E-state index contributed by atoms with van der Waals surface area (Å²) in [6.45, 7) is 0. The first kappa shape index (κ1) is 18.0. The number of pyridine rings is 1. The number of hydrogen-bond donors (Lipinski definition) is 3. The number of hydrogen-bond acceptors (Lipinski definition) is 8. The molecule has 136 valence electrons. The van der Waals surface area contributed by atoms with Crippen LogP contribution >= 0.6 is 11.6 Å². The van der Waals surface area contributed by atoms with Gasteiger partial charge in [0.25, 0.3) is 5.91 Å². The van der Waals surface area contributed by atoms with Crippen molar-refractivity contribution in [3.8, 4) is 0 Å². The molecule has 0 radical (unpaired) electrons. The molecule has 11 heteroatoms. The van der Waals surface area contributed by atoms with Crippen LogP contribution in [0.1, 0.15) is 10.4 Å². The zero-order valence-corrected chi connectivity index (χ0v) is 14.3. The van der Waals surface area contributed by atoms with E-state index in [1.807, 2.05) is 0 Å². The molecular formula is C16H12ClN7O3. The Morgan fingerprint density at radius 3 is 2.52 bits per heavy atom. The van der Waals surface area contributed by atoms with Gasteiger partial charge >= 0.3 is 5.69 Å². The molecule has 0 atom stereocenters. The molecule has 0 spiro atoms. The monoisotopic (exact) mass is 385 g/mol. The third-order valence-corrected chi connectivity index (χ3v) is 3.58. The molecule has 3 aromatic rings. The van der Waals surface area contributed by atoms with Crippen LogP contribution in [0.4, 0.5) is 23.0 Å². The van der Waals surface area contributed by atoms with Gasteiger partial charge in [0.2, 0.25) is 11.6 Å². The van der Waals surface area contributed by atoms with Crippen LogP contribution < -0.4 is 16.2 Å². The van der Waals surface area contributed by atoms with E-state index in [1.165, 1.54) is 12.4 Å². The molecule has 0 saturated heterocycles. The average Bonchev–Trinajstić information content (AvgIpc) is 2.68. The van der Waals surface area contributed by atoms with Crippen molar-refractivity contribution in [2.75, 3.05) is 10.7 Å². The van der Waals surface area contributed by atoms with E-state index in [1.54, 1.807) is 36.4 Å². The highest BCUT2D eigenvalue weighted by molar-refractivity contribution is 6.30. The Morgan fingerprint density at radius 2 is 1.85 bits per heavy atom. The molecule has 0 aliphatic carbocycles. The van der Waals surface area contributed by atoms with Gasteiger partial charge in [0.05, 0.1) is 10.5 Å². The summed E-state index contributed by atoms with van der Waals surface area (Å²) in [5.41, 5.74) is 5.18. The third kappa shape index (κ3) is 4.44. The van der Waals surface area contributed by atoms with E-state index in [0.717, 1.165) is 6.33 Å². The smallest absolute Gasteiger partial charge is 0.334 e. The number of carbonyl (C=O) groups is 1. The van der Waals surface area contributed by atoms with Gasteiger partial charge in [-0.1, -0.05) is 11.6 Å². The van der Waals surface area contributed by atoms with E-state index in [9.17, 15) is 14.9 Å². The van der Waals surface area contributed by atoms with Crippen LogP contribution in [-0.2, 0) is 0 Å². The minimum atomic E-state index is -0.656. The van der Waals surface area contributed by atoms with E-state index >= 15 is 0 Å². The minimum absolute atomic E-state index is 0.0459. The largest absolute Gasteiger partial charge is 0.355 e. The summed E-state index contributed by atoms with van der Waals surface area (Å²) in [6, 6.07) is 9.69. The van der Waals surface area contributed by atoms with Crippen molar-refractivity contribution in [1.82, 2.24) is 20.4 Å². The molecular weight excluding hydrogens is 374 g/mol. The SMILES string of the molecule is O=C(NNc1ncnc(Nc2ccc(Cl)cc2)c1[N+](=O)[O-])c1cccnc1. The maximum Gasteiger partial charge on any atom is 0.355 e. The molecule has 0 fully saturated rings. The lowest BCUT2D eigenvalue weighted by atomic mass is 10.3. The van der Waals surface area contributed by atoms with E-state index in [0.29, 0.717) is 10.7 Å². The van der Waals surface area contributed by atoms with Crippen molar-refractivity contribution >= 4 is 40.5 Å². The Balaban J connectivity index is 1.82. The van der Waals surface area contributed by atoms with Gasteiger partial charge < -0.3 is 5.32 Å². The van der Waals surface area contributed by atoms with Crippen molar-refractivity contribution in [2.24, 2.45) is 0 Å². The maximum absolute atomic E-state index is 12.1. The van der Waals surface area contributed by atoms with Crippen LogP contribution in [0.5, 0.6) is 0 Å². The van der Waals surface area contributed by atoms with E-state index < -0.39 is 16.5 Å². The fourth-order valence-electron chi connectivity index (χ4n) is 2.09. The number of nitro groups is 1. The quantitative estimate of drug-likeness (QED) is 0.435. The van der Waals surface area contributed by atoms with E-state index in [4.69, 9.17) is 11.6 Å². The lowest BCUT2D eigenvalue weighted by Crippen LogP contribution is -2.30. The number of amides is 1. The van der Waals surface area contributed by atoms with Gasteiger partial charge in [-0.3, -0.25) is 30.7 Å². The zero-order chi connectivity index (χ0) is 19.2. The standard InChI is InChI=1S/C16H12ClN7O3/c17-11-3-5-12(6-4-11)21-14-13(24(26)27)15(20-9-19-14)22-23-16(25)10-2-1-7-18-8-10/h1-9H,(H,23,25)(H2,19,20,21,22). The molecule has 3 N–H and O–H groups in total. The Morgan fingerprint density at radius 1 is 1.11 bits per heavy atom. The van der Waals surface area contributed by atoms with Gasteiger partial charge in [-0.05, 0) is 36.4 Å². The molecule has 10 nitrogen and oxygen atoms in total. The number of benzene rings is 1. The van der Waals surface area contributed by atoms with Gasteiger partial charge in [0.15, 0.2) is 0 Å². The first-order valence-corrected chi connectivity index (χ1v) is 7.91. The fraction of sp³-hybridized carbons (Fsp3) is 0. The lowest BCUT2D eigenvalue weighted by molar-refractivity contribution is -0.383. The van der Waals surface area contributed by atoms with Crippen LogP contribution in [0.15, 0.2) is 55.1 Å². The molecule has 0 bridgehead atoms. The maximum atomic E-state index is 12.1. The molecule has 0 saturated carbocycles. The highest BCUT2D eigenvalue weighted by Crippen LogP contribution is 2.30. The summed E-state index contributed by atoms with van der Waals surface area (Å²) in [7, 11) is 0. The Bertz CT molecular complexity index is 968. The predicted molar refractivity (Wildman–Crippen MR) is 98.7 cm³/mol. The molecule has 2 aromatic heterocycles. The van der Waals surface area contributed by atoms with Gasteiger partial charge in [0.1, 0.15) is 6.33 Å². The van der Waals surface area contributed by atoms with Crippen LogP contribution in [0.2, 0.25) is 5.02 Å². The molecule has 0 aliphatic heterocycles. The summed E-state index contributed by atoms with van der Waals surface area (Å²) in [5, 5.41) is 14.9. The summed E-state index contributed by atoms with van der Waals surface area (Å²) in [5.74, 6) is -0.748.